The van der Waals surface area contributed by atoms with E-state index in [1.165, 1.54) is 0 Å². The molecular weight excluding hydrogens is 498 g/mol. The molecule has 0 aliphatic carbocycles. The molecule has 0 saturated carbocycles. The van der Waals surface area contributed by atoms with Crippen molar-refractivity contribution in [1.29, 1.82) is 0 Å². The Bertz CT molecular complexity index is 1390. The summed E-state index contributed by atoms with van der Waals surface area (Å²) in [5.74, 6) is 0.255. The second-order valence-corrected chi connectivity index (χ2v) is 9.70. The highest BCUT2D eigenvalue weighted by Gasteiger charge is 2.28. The first-order valence-electron chi connectivity index (χ1n) is 13.0. The number of benzene rings is 1. The Kier molecular flexibility index (Phi) is 8.00. The largest absolute Gasteiger partial charge is 0.367 e. The maximum atomic E-state index is 13.0. The molecule has 2 saturated heterocycles. The summed E-state index contributed by atoms with van der Waals surface area (Å²) in [5.41, 5.74) is 5.90. The average molecular weight is 530 g/mol. The van der Waals surface area contributed by atoms with Crippen LogP contribution in [0, 0.1) is 0 Å². The minimum atomic E-state index is 0. The molecule has 38 heavy (non-hydrogen) atoms. The van der Waals surface area contributed by atoms with E-state index in [-0.39, 0.29) is 18.3 Å². The topological polar surface area (TPSA) is 90.0 Å². The Labute approximate surface area is 228 Å². The van der Waals surface area contributed by atoms with E-state index in [0.29, 0.717) is 25.6 Å². The SMILES string of the molecule is Cl.O=C(C[C@@H]1CCCN1)N1CCN(c2c(-c3ccccc3)cnc3[nH]nc(C=Cc4cccnc4)c23)CC1. The van der Waals surface area contributed by atoms with Gasteiger partial charge in [-0.3, -0.25) is 14.9 Å². The van der Waals surface area contributed by atoms with Gasteiger partial charge in [-0.1, -0.05) is 42.5 Å². The number of nitrogens with one attached hydrogen (secondary N) is 2. The molecule has 2 N–H and O–H groups in total. The molecule has 6 rings (SSSR count). The van der Waals surface area contributed by atoms with Crippen molar-refractivity contribution >= 4 is 47.2 Å². The van der Waals surface area contributed by atoms with Gasteiger partial charge in [0, 0.05) is 62.8 Å². The molecule has 2 aliphatic rings. The van der Waals surface area contributed by atoms with Crippen molar-refractivity contribution in [3.63, 3.8) is 0 Å². The summed E-state index contributed by atoms with van der Waals surface area (Å²) in [5, 5.41) is 12.2. The Morgan fingerprint density at radius 3 is 2.61 bits per heavy atom. The van der Waals surface area contributed by atoms with Crippen molar-refractivity contribution < 1.29 is 4.79 Å². The summed E-state index contributed by atoms with van der Waals surface area (Å²) in [6.07, 6.45) is 12.4. The number of halogens is 1. The monoisotopic (exact) mass is 529 g/mol. The Morgan fingerprint density at radius 1 is 1.03 bits per heavy atom. The summed E-state index contributed by atoms with van der Waals surface area (Å²) < 4.78 is 0. The summed E-state index contributed by atoms with van der Waals surface area (Å²) >= 11 is 0. The van der Waals surface area contributed by atoms with Gasteiger partial charge in [-0.05, 0) is 42.7 Å². The third-order valence-corrected chi connectivity index (χ3v) is 7.32. The minimum Gasteiger partial charge on any atom is -0.367 e. The number of carbonyl (C=O) groups excluding carboxylic acids is 1. The zero-order chi connectivity index (χ0) is 25.0. The predicted octanol–water partition coefficient (Wildman–Crippen LogP) is 4.40. The molecule has 0 bridgehead atoms. The Balaban J connectivity index is 0.00000294. The lowest BCUT2D eigenvalue weighted by Gasteiger charge is -2.37. The molecule has 2 aliphatic heterocycles. The third-order valence-electron chi connectivity index (χ3n) is 7.32. The number of piperazine rings is 1. The van der Waals surface area contributed by atoms with Gasteiger partial charge in [0.15, 0.2) is 5.65 Å². The van der Waals surface area contributed by atoms with Gasteiger partial charge in [-0.2, -0.15) is 5.10 Å². The van der Waals surface area contributed by atoms with E-state index in [1.54, 1.807) is 6.20 Å². The zero-order valence-electron chi connectivity index (χ0n) is 21.2. The normalized spacial score (nSPS) is 17.7. The molecule has 3 aromatic heterocycles. The highest BCUT2D eigenvalue weighted by molar-refractivity contribution is 6.03. The fourth-order valence-corrected chi connectivity index (χ4v) is 5.38. The van der Waals surface area contributed by atoms with E-state index >= 15 is 0 Å². The van der Waals surface area contributed by atoms with E-state index in [2.05, 4.69) is 49.7 Å². The average Bonchev–Trinajstić information content (AvgIpc) is 3.62. The van der Waals surface area contributed by atoms with Gasteiger partial charge in [0.1, 0.15) is 0 Å². The number of aromatic amines is 1. The van der Waals surface area contributed by atoms with Gasteiger partial charge >= 0.3 is 0 Å². The van der Waals surface area contributed by atoms with Crippen LogP contribution < -0.4 is 10.2 Å². The summed E-state index contributed by atoms with van der Waals surface area (Å²) in [6, 6.07) is 14.6. The molecule has 5 heterocycles. The molecular formula is C29H32ClN7O. The summed E-state index contributed by atoms with van der Waals surface area (Å²) in [6.45, 7) is 3.97. The first kappa shape index (κ1) is 25.9. The second-order valence-electron chi connectivity index (χ2n) is 9.70. The number of pyridine rings is 2. The number of carbonyl (C=O) groups is 1. The van der Waals surface area contributed by atoms with Gasteiger partial charge in [0.2, 0.25) is 5.91 Å². The highest BCUT2D eigenvalue weighted by atomic mass is 35.5. The summed E-state index contributed by atoms with van der Waals surface area (Å²) in [7, 11) is 0. The van der Waals surface area contributed by atoms with Gasteiger partial charge in [0.05, 0.1) is 16.8 Å². The minimum absolute atomic E-state index is 0. The number of fused-ring (bicyclic) bond motifs is 1. The first-order chi connectivity index (χ1) is 18.3. The van der Waals surface area contributed by atoms with Crippen LogP contribution >= 0.6 is 12.4 Å². The number of H-pyrrole nitrogens is 1. The van der Waals surface area contributed by atoms with Gasteiger partial charge in [-0.25, -0.2) is 4.98 Å². The molecule has 196 valence electrons. The molecule has 0 unspecified atom stereocenters. The van der Waals surface area contributed by atoms with Crippen molar-refractivity contribution in [2.24, 2.45) is 0 Å². The Morgan fingerprint density at radius 2 is 1.87 bits per heavy atom. The van der Waals surface area contributed by atoms with Crippen molar-refractivity contribution in [3.05, 3.63) is 72.3 Å². The number of hydrogen-bond donors (Lipinski definition) is 2. The molecule has 1 atom stereocenters. The number of rotatable bonds is 6. The van der Waals surface area contributed by atoms with Gasteiger partial charge in [-0.15, -0.1) is 12.4 Å². The van der Waals surface area contributed by atoms with Crippen molar-refractivity contribution in [3.8, 4) is 11.1 Å². The smallest absolute Gasteiger partial charge is 0.224 e. The molecule has 2 fully saturated rings. The van der Waals surface area contributed by atoms with Crippen LogP contribution in [0.25, 0.3) is 34.3 Å². The van der Waals surface area contributed by atoms with Crippen LogP contribution in [0.3, 0.4) is 0 Å². The van der Waals surface area contributed by atoms with Crippen LogP contribution in [0.1, 0.15) is 30.5 Å². The molecule has 9 heteroatoms. The zero-order valence-corrected chi connectivity index (χ0v) is 22.0. The molecule has 0 spiro atoms. The Hall–Kier alpha value is -3.75. The molecule has 4 aromatic rings. The van der Waals surface area contributed by atoms with Crippen molar-refractivity contribution in [2.45, 2.75) is 25.3 Å². The lowest BCUT2D eigenvalue weighted by atomic mass is 10.0. The van der Waals surface area contributed by atoms with Crippen molar-refractivity contribution in [1.82, 2.24) is 30.4 Å². The van der Waals surface area contributed by atoms with Crippen LogP contribution in [0.15, 0.2) is 61.1 Å². The van der Waals surface area contributed by atoms with Crippen LogP contribution in [0.2, 0.25) is 0 Å². The highest BCUT2D eigenvalue weighted by Crippen LogP contribution is 2.38. The maximum absolute atomic E-state index is 13.0. The molecule has 1 amide bonds. The molecule has 8 nitrogen and oxygen atoms in total. The standard InChI is InChI=1S/C29H31N7O.ClH/c37-26(18-23-9-5-13-31-23)35-14-16-36(17-15-35)28-24(22-7-2-1-3-8-22)20-32-29-27(28)25(33-34-29)11-10-21-6-4-12-30-19-21;/h1-4,6-8,10-12,19-20,23,31H,5,9,13-18H2,(H,32,33,34);1H/t23-;/m0./s1. The fraction of sp³-hybridized carbons (Fsp3) is 0.310. The number of amides is 1. The van der Waals surface area contributed by atoms with E-state index in [4.69, 9.17) is 4.98 Å². The van der Waals surface area contributed by atoms with Crippen molar-refractivity contribution in [2.75, 3.05) is 37.6 Å². The third kappa shape index (κ3) is 5.42. The maximum Gasteiger partial charge on any atom is 0.224 e. The first-order valence-corrected chi connectivity index (χ1v) is 13.0. The van der Waals surface area contributed by atoms with E-state index in [0.717, 1.165) is 71.6 Å². The number of anilines is 1. The van der Waals surface area contributed by atoms with Crippen LogP contribution in [-0.2, 0) is 4.79 Å². The van der Waals surface area contributed by atoms with Gasteiger partial charge in [0.25, 0.3) is 0 Å². The fourth-order valence-electron chi connectivity index (χ4n) is 5.38. The lowest BCUT2D eigenvalue weighted by molar-refractivity contribution is -0.131. The number of hydrogen-bond acceptors (Lipinski definition) is 6. The molecule has 1 aromatic carbocycles. The van der Waals surface area contributed by atoms with E-state index < -0.39 is 0 Å². The van der Waals surface area contributed by atoms with Crippen LogP contribution in [0.5, 0.6) is 0 Å². The molecule has 0 radical (unpaired) electrons. The lowest BCUT2D eigenvalue weighted by Crippen LogP contribution is -2.50. The predicted molar refractivity (Wildman–Crippen MR) is 154 cm³/mol. The number of aromatic nitrogens is 4. The van der Waals surface area contributed by atoms with E-state index in [1.807, 2.05) is 47.6 Å². The number of nitrogens with zero attached hydrogens (tertiary/aromatic N) is 5. The quantitative estimate of drug-likeness (QED) is 0.385. The van der Waals surface area contributed by atoms with Gasteiger partial charge < -0.3 is 15.1 Å². The van der Waals surface area contributed by atoms with E-state index in [9.17, 15) is 4.79 Å². The van der Waals surface area contributed by atoms with Crippen LogP contribution in [-0.4, -0.2) is 69.7 Å². The summed E-state index contributed by atoms with van der Waals surface area (Å²) in [4.78, 5) is 26.3. The van der Waals surface area contributed by atoms with Crippen LogP contribution in [0.4, 0.5) is 5.69 Å². The second kappa shape index (κ2) is 11.8.